The molecule has 0 bridgehead atoms. The molecule has 1 aromatic heterocycles. The Hall–Kier alpha value is -1.57. The number of thioether (sulfide) groups is 1. The zero-order valence-corrected chi connectivity index (χ0v) is 16.3. The van der Waals surface area contributed by atoms with Gasteiger partial charge in [0.15, 0.2) is 0 Å². The van der Waals surface area contributed by atoms with E-state index in [-0.39, 0.29) is 22.9 Å². The molecule has 0 unspecified atom stereocenters. The molecular formula is C18H29N5O2S. The third-order valence-corrected chi connectivity index (χ3v) is 6.50. The lowest BCUT2D eigenvalue weighted by atomic mass is 9.88. The van der Waals surface area contributed by atoms with Crippen LogP contribution in [0.4, 0.5) is 0 Å². The van der Waals surface area contributed by atoms with Crippen LogP contribution in [0.5, 0.6) is 0 Å². The van der Waals surface area contributed by atoms with E-state index in [0.717, 1.165) is 30.4 Å². The molecule has 1 amide bonds. The third kappa shape index (κ3) is 4.39. The van der Waals surface area contributed by atoms with Crippen LogP contribution < -0.4 is 11.4 Å². The highest BCUT2D eigenvalue weighted by atomic mass is 32.2. The van der Waals surface area contributed by atoms with E-state index in [4.69, 9.17) is 5.84 Å². The van der Waals surface area contributed by atoms with Crippen LogP contribution in [-0.4, -0.2) is 43.5 Å². The summed E-state index contributed by atoms with van der Waals surface area (Å²) < 4.78 is 0.992. The van der Waals surface area contributed by atoms with Gasteiger partial charge in [-0.15, -0.1) is 10.2 Å². The first-order chi connectivity index (χ1) is 12.6. The molecule has 0 aliphatic heterocycles. The summed E-state index contributed by atoms with van der Waals surface area (Å²) >= 11 is 1.21. The van der Waals surface area contributed by atoms with E-state index in [1.807, 2.05) is 0 Å². The smallest absolute Gasteiger partial charge is 0.294 e. The first-order valence-electron chi connectivity index (χ1n) is 9.73. The normalized spacial score (nSPS) is 19.4. The minimum Gasteiger partial charge on any atom is -0.336 e. The average Bonchev–Trinajstić information content (AvgIpc) is 2.67. The molecule has 2 aliphatic rings. The van der Waals surface area contributed by atoms with Gasteiger partial charge in [-0.3, -0.25) is 9.59 Å². The van der Waals surface area contributed by atoms with Crippen molar-refractivity contribution in [1.29, 1.82) is 0 Å². The molecule has 1 heterocycles. The van der Waals surface area contributed by atoms with Gasteiger partial charge in [-0.1, -0.05) is 50.3 Å². The van der Waals surface area contributed by atoms with Gasteiger partial charge >= 0.3 is 0 Å². The van der Waals surface area contributed by atoms with Gasteiger partial charge in [0.05, 0.1) is 5.75 Å². The summed E-state index contributed by atoms with van der Waals surface area (Å²) in [4.78, 5) is 27.2. The topological polar surface area (TPSA) is 94.1 Å². The molecule has 2 saturated carbocycles. The van der Waals surface area contributed by atoms with Gasteiger partial charge in [-0.2, -0.15) is 4.68 Å². The molecule has 2 N–H and O–H groups in total. The van der Waals surface area contributed by atoms with Crippen molar-refractivity contribution < 1.29 is 4.79 Å². The highest BCUT2D eigenvalue weighted by Gasteiger charge is 2.32. The largest absolute Gasteiger partial charge is 0.336 e. The van der Waals surface area contributed by atoms with E-state index in [1.165, 1.54) is 50.3 Å². The number of nitrogens with two attached hydrogens (primary N) is 1. The number of rotatable bonds is 5. The maximum atomic E-state index is 13.1. The lowest BCUT2D eigenvalue weighted by Gasteiger charge is -2.41. The molecule has 7 nitrogen and oxygen atoms in total. The Kier molecular flexibility index (Phi) is 6.56. The summed E-state index contributed by atoms with van der Waals surface area (Å²) in [6.07, 6.45) is 11.8. The summed E-state index contributed by atoms with van der Waals surface area (Å²) in [5.41, 5.74) is -0.111. The molecule has 2 aliphatic carbocycles. The Morgan fingerprint density at radius 3 is 2.15 bits per heavy atom. The lowest BCUT2D eigenvalue weighted by molar-refractivity contribution is -0.135. The van der Waals surface area contributed by atoms with Gasteiger partial charge < -0.3 is 10.7 Å². The minimum absolute atomic E-state index is 0.142. The number of carbonyl (C=O) groups excluding carboxylic acids is 1. The standard InChI is InChI=1S/C18H29N5O2S/c1-13-17(25)23(19)18(21-20-13)26-12-16(24)22(14-8-4-2-5-9-14)15-10-6-3-7-11-15/h14-15H,2-12,19H2,1H3. The van der Waals surface area contributed by atoms with Crippen molar-refractivity contribution in [3.8, 4) is 0 Å². The van der Waals surface area contributed by atoms with Crippen molar-refractivity contribution in [1.82, 2.24) is 19.8 Å². The van der Waals surface area contributed by atoms with Gasteiger partial charge in [0, 0.05) is 12.1 Å². The molecule has 0 aromatic carbocycles. The lowest BCUT2D eigenvalue weighted by Crippen LogP contribution is -2.49. The Bertz CT molecular complexity index is 663. The zero-order valence-electron chi connectivity index (χ0n) is 15.5. The molecule has 0 radical (unpaired) electrons. The summed E-state index contributed by atoms with van der Waals surface area (Å²) in [6.45, 7) is 1.58. The summed E-state index contributed by atoms with van der Waals surface area (Å²) in [7, 11) is 0. The molecule has 8 heteroatoms. The van der Waals surface area contributed by atoms with E-state index in [0.29, 0.717) is 17.2 Å². The number of carbonyl (C=O) groups is 1. The molecule has 1 aromatic rings. The highest BCUT2D eigenvalue weighted by molar-refractivity contribution is 7.99. The predicted octanol–water partition coefficient (Wildman–Crippen LogP) is 2.25. The van der Waals surface area contributed by atoms with Crippen molar-refractivity contribution in [3.63, 3.8) is 0 Å². The van der Waals surface area contributed by atoms with Crippen LogP contribution in [0.3, 0.4) is 0 Å². The van der Waals surface area contributed by atoms with E-state index >= 15 is 0 Å². The fraction of sp³-hybridized carbons (Fsp3) is 0.778. The van der Waals surface area contributed by atoms with Crippen molar-refractivity contribution in [2.24, 2.45) is 0 Å². The first-order valence-corrected chi connectivity index (χ1v) is 10.7. The Morgan fingerprint density at radius 2 is 1.62 bits per heavy atom. The number of nitrogens with zero attached hydrogens (tertiary/aromatic N) is 4. The minimum atomic E-state index is -0.369. The summed E-state index contributed by atoms with van der Waals surface area (Å²) in [5.74, 6) is 6.18. The number of nitrogen functional groups attached to an aromatic ring is 1. The number of hydrogen-bond acceptors (Lipinski definition) is 6. The molecule has 0 spiro atoms. The predicted molar refractivity (Wildman–Crippen MR) is 102 cm³/mol. The van der Waals surface area contributed by atoms with Gasteiger partial charge in [0.25, 0.3) is 5.56 Å². The van der Waals surface area contributed by atoms with E-state index in [2.05, 4.69) is 15.1 Å². The van der Waals surface area contributed by atoms with Crippen molar-refractivity contribution in [2.45, 2.75) is 88.4 Å². The van der Waals surface area contributed by atoms with Crippen molar-refractivity contribution in [2.75, 3.05) is 11.6 Å². The van der Waals surface area contributed by atoms with Crippen LogP contribution in [0.25, 0.3) is 0 Å². The fourth-order valence-electron chi connectivity index (χ4n) is 4.19. The molecule has 3 rings (SSSR count). The molecule has 144 valence electrons. The van der Waals surface area contributed by atoms with Gasteiger partial charge in [-0.25, -0.2) is 0 Å². The zero-order chi connectivity index (χ0) is 18.5. The quantitative estimate of drug-likeness (QED) is 0.623. The van der Waals surface area contributed by atoms with E-state index in [1.54, 1.807) is 6.92 Å². The van der Waals surface area contributed by atoms with Crippen LogP contribution in [-0.2, 0) is 4.79 Å². The second kappa shape index (κ2) is 8.88. The maximum absolute atomic E-state index is 13.1. The monoisotopic (exact) mass is 379 g/mol. The number of amides is 1. The van der Waals surface area contributed by atoms with E-state index < -0.39 is 0 Å². The van der Waals surface area contributed by atoms with Crippen molar-refractivity contribution in [3.05, 3.63) is 16.0 Å². The van der Waals surface area contributed by atoms with E-state index in [9.17, 15) is 9.59 Å². The molecule has 26 heavy (non-hydrogen) atoms. The highest BCUT2D eigenvalue weighted by Crippen LogP contribution is 2.31. The maximum Gasteiger partial charge on any atom is 0.294 e. The summed E-state index contributed by atoms with van der Waals surface area (Å²) in [5, 5.41) is 8.10. The fourth-order valence-corrected chi connectivity index (χ4v) is 4.92. The SMILES string of the molecule is Cc1nnc(SCC(=O)N(C2CCCCC2)C2CCCCC2)n(N)c1=O. The number of aryl methyl sites for hydroxylation is 1. The number of aromatic nitrogens is 3. The molecule has 0 saturated heterocycles. The van der Waals surface area contributed by atoms with Gasteiger partial charge in [0.2, 0.25) is 11.1 Å². The van der Waals surface area contributed by atoms with Crippen molar-refractivity contribution >= 4 is 17.7 Å². The average molecular weight is 380 g/mol. The Morgan fingerprint density at radius 1 is 1.08 bits per heavy atom. The van der Waals surface area contributed by atoms with Crippen LogP contribution >= 0.6 is 11.8 Å². The second-order valence-corrected chi connectivity index (χ2v) is 8.36. The summed E-state index contributed by atoms with van der Waals surface area (Å²) in [6, 6.07) is 0.730. The first kappa shape index (κ1) is 19.2. The number of hydrogen-bond donors (Lipinski definition) is 1. The molecular weight excluding hydrogens is 350 g/mol. The molecule has 2 fully saturated rings. The Labute approximate surface area is 158 Å². The Balaban J connectivity index is 1.70. The van der Waals surface area contributed by atoms with Crippen LogP contribution in [0.1, 0.15) is 69.9 Å². The molecule has 0 atom stereocenters. The third-order valence-electron chi connectivity index (χ3n) is 5.57. The van der Waals surface area contributed by atoms with Gasteiger partial charge in [0.1, 0.15) is 5.69 Å². The van der Waals surface area contributed by atoms with Gasteiger partial charge in [-0.05, 0) is 32.6 Å². The van der Waals surface area contributed by atoms with Crippen LogP contribution in [0.2, 0.25) is 0 Å². The second-order valence-electron chi connectivity index (χ2n) is 7.42. The van der Waals surface area contributed by atoms with Crippen LogP contribution in [0, 0.1) is 6.92 Å². The van der Waals surface area contributed by atoms with Crippen LogP contribution in [0.15, 0.2) is 9.95 Å².